The molecule has 184 valence electrons. The Balaban J connectivity index is 1.34. The highest BCUT2D eigenvalue weighted by atomic mass is 32.2. The molecule has 0 saturated carbocycles. The first kappa shape index (κ1) is 24.5. The molecule has 8 nitrogen and oxygen atoms in total. The largest absolute Gasteiger partial charge is 0.490 e. The van der Waals surface area contributed by atoms with Crippen LogP contribution in [0.1, 0.15) is 31.9 Å². The van der Waals surface area contributed by atoms with Crippen molar-refractivity contribution in [1.82, 2.24) is 14.5 Å². The Hall–Kier alpha value is -2.62. The van der Waals surface area contributed by atoms with E-state index in [0.29, 0.717) is 39.4 Å². The van der Waals surface area contributed by atoms with Crippen LogP contribution in [0.25, 0.3) is 0 Å². The third-order valence-corrected chi connectivity index (χ3v) is 8.16. The number of carbonyl (C=O) groups excluding carboxylic acids is 1. The number of carbonyl (C=O) groups is 1. The van der Waals surface area contributed by atoms with Gasteiger partial charge in [-0.05, 0) is 35.7 Å². The minimum Gasteiger partial charge on any atom is -0.490 e. The van der Waals surface area contributed by atoms with Crippen molar-refractivity contribution in [2.45, 2.75) is 31.2 Å². The summed E-state index contributed by atoms with van der Waals surface area (Å²) >= 11 is 0. The molecule has 1 atom stereocenters. The van der Waals surface area contributed by atoms with Crippen LogP contribution in [0.15, 0.2) is 53.4 Å². The lowest BCUT2D eigenvalue weighted by Gasteiger charge is -2.34. The topological polar surface area (TPSA) is 88.2 Å². The second kappa shape index (κ2) is 10.8. The number of nitrogens with one attached hydrogen (secondary N) is 1. The molecule has 2 heterocycles. The van der Waals surface area contributed by atoms with Crippen molar-refractivity contribution in [2.75, 3.05) is 45.9 Å². The molecule has 0 radical (unpaired) electrons. The van der Waals surface area contributed by atoms with Gasteiger partial charge >= 0.3 is 0 Å². The molecule has 0 aliphatic carbocycles. The number of sulfonamides is 1. The molecule has 34 heavy (non-hydrogen) atoms. The van der Waals surface area contributed by atoms with Crippen molar-refractivity contribution < 1.29 is 22.7 Å². The van der Waals surface area contributed by atoms with Crippen LogP contribution in [0.4, 0.5) is 0 Å². The Morgan fingerprint density at radius 3 is 2.32 bits per heavy atom. The van der Waals surface area contributed by atoms with Gasteiger partial charge in [0.25, 0.3) is 0 Å². The summed E-state index contributed by atoms with van der Waals surface area (Å²) in [5, 5.41) is 3.40. The molecule has 2 aromatic rings. The Kier molecular flexibility index (Phi) is 7.75. The van der Waals surface area contributed by atoms with E-state index in [-0.39, 0.29) is 29.3 Å². The van der Waals surface area contributed by atoms with Crippen molar-refractivity contribution in [3.63, 3.8) is 0 Å². The SMILES string of the molecule is CC(C)[C@H](NCC(=O)N1CCN(S(=O)(=O)c2ccccc2)CC1)c1ccc2c(c1)OCCCO2. The summed E-state index contributed by atoms with van der Waals surface area (Å²) in [5.74, 6) is 1.72. The van der Waals surface area contributed by atoms with Crippen LogP contribution in [-0.4, -0.2) is 69.5 Å². The van der Waals surface area contributed by atoms with Crippen molar-refractivity contribution in [2.24, 2.45) is 5.92 Å². The van der Waals surface area contributed by atoms with Crippen LogP contribution in [0, 0.1) is 5.92 Å². The highest BCUT2D eigenvalue weighted by Crippen LogP contribution is 2.34. The molecule has 1 amide bonds. The fourth-order valence-electron chi connectivity index (χ4n) is 4.34. The summed E-state index contributed by atoms with van der Waals surface area (Å²) in [6.45, 7) is 7.01. The predicted octanol–water partition coefficient (Wildman–Crippen LogP) is 2.67. The average molecular weight is 488 g/mol. The van der Waals surface area contributed by atoms with Crippen molar-refractivity contribution in [3.05, 3.63) is 54.1 Å². The van der Waals surface area contributed by atoms with E-state index in [1.165, 1.54) is 4.31 Å². The van der Waals surface area contributed by atoms with E-state index >= 15 is 0 Å². The standard InChI is InChI=1S/C25H33N3O5S/c1-19(2)25(20-9-10-22-23(17-20)33-16-6-15-32-22)26-18-24(29)27-11-13-28(14-12-27)34(30,31)21-7-4-3-5-8-21/h3-5,7-10,17,19,25-26H,6,11-16,18H2,1-2H3/t25-/m0/s1. The van der Waals surface area contributed by atoms with E-state index in [4.69, 9.17) is 9.47 Å². The molecule has 1 saturated heterocycles. The molecule has 9 heteroatoms. The minimum absolute atomic E-state index is 0.0270. The van der Waals surface area contributed by atoms with E-state index in [0.717, 1.165) is 23.5 Å². The maximum atomic E-state index is 12.9. The molecular formula is C25H33N3O5S. The van der Waals surface area contributed by atoms with Gasteiger partial charge in [-0.15, -0.1) is 0 Å². The van der Waals surface area contributed by atoms with Gasteiger partial charge in [-0.1, -0.05) is 38.1 Å². The zero-order valence-corrected chi connectivity index (χ0v) is 20.6. The predicted molar refractivity (Wildman–Crippen MR) is 129 cm³/mol. The normalized spacial score (nSPS) is 17.9. The van der Waals surface area contributed by atoms with Crippen LogP contribution in [0.5, 0.6) is 11.5 Å². The summed E-state index contributed by atoms with van der Waals surface area (Å²) in [7, 11) is -3.54. The molecule has 0 spiro atoms. The molecule has 2 aromatic carbocycles. The fraction of sp³-hybridized carbons (Fsp3) is 0.480. The summed E-state index contributed by atoms with van der Waals surface area (Å²) < 4.78 is 38.7. The lowest BCUT2D eigenvalue weighted by Crippen LogP contribution is -2.52. The van der Waals surface area contributed by atoms with Crippen LogP contribution in [0.2, 0.25) is 0 Å². The molecule has 0 bridgehead atoms. The van der Waals surface area contributed by atoms with Crippen molar-refractivity contribution in [3.8, 4) is 11.5 Å². The maximum absolute atomic E-state index is 12.9. The van der Waals surface area contributed by atoms with E-state index in [2.05, 4.69) is 19.2 Å². The molecule has 4 rings (SSSR count). The number of fused-ring (bicyclic) bond motifs is 1. The lowest BCUT2D eigenvalue weighted by atomic mass is 9.95. The number of hydrogen-bond donors (Lipinski definition) is 1. The molecule has 0 aromatic heterocycles. The first-order valence-electron chi connectivity index (χ1n) is 11.8. The Morgan fingerprint density at radius 1 is 0.971 bits per heavy atom. The van der Waals surface area contributed by atoms with Crippen LogP contribution in [0.3, 0.4) is 0 Å². The molecule has 2 aliphatic rings. The van der Waals surface area contributed by atoms with E-state index in [1.54, 1.807) is 35.2 Å². The molecule has 1 fully saturated rings. The van der Waals surface area contributed by atoms with Crippen LogP contribution in [-0.2, 0) is 14.8 Å². The van der Waals surface area contributed by atoms with Gasteiger partial charge in [-0.2, -0.15) is 4.31 Å². The monoisotopic (exact) mass is 487 g/mol. The molecule has 1 N–H and O–H groups in total. The number of hydrogen-bond acceptors (Lipinski definition) is 6. The number of nitrogens with zero attached hydrogens (tertiary/aromatic N) is 2. The highest BCUT2D eigenvalue weighted by molar-refractivity contribution is 7.89. The van der Waals surface area contributed by atoms with E-state index < -0.39 is 10.0 Å². The number of benzene rings is 2. The second-order valence-electron chi connectivity index (χ2n) is 8.96. The van der Waals surface area contributed by atoms with Crippen molar-refractivity contribution in [1.29, 1.82) is 0 Å². The van der Waals surface area contributed by atoms with Gasteiger partial charge in [-0.25, -0.2) is 8.42 Å². The third kappa shape index (κ3) is 5.54. The maximum Gasteiger partial charge on any atom is 0.243 e. The van der Waals surface area contributed by atoms with Gasteiger partial charge in [0.1, 0.15) is 0 Å². The summed E-state index contributed by atoms with van der Waals surface area (Å²) in [5.41, 5.74) is 1.05. The number of amides is 1. The molecular weight excluding hydrogens is 454 g/mol. The van der Waals surface area contributed by atoms with E-state index in [9.17, 15) is 13.2 Å². The first-order valence-corrected chi connectivity index (χ1v) is 13.3. The smallest absolute Gasteiger partial charge is 0.243 e. The Morgan fingerprint density at radius 2 is 1.65 bits per heavy atom. The zero-order chi connectivity index (χ0) is 24.1. The van der Waals surface area contributed by atoms with Gasteiger partial charge < -0.3 is 19.7 Å². The van der Waals surface area contributed by atoms with Crippen LogP contribution >= 0.6 is 0 Å². The van der Waals surface area contributed by atoms with Gasteiger partial charge in [0.2, 0.25) is 15.9 Å². The van der Waals surface area contributed by atoms with Crippen molar-refractivity contribution >= 4 is 15.9 Å². The quantitative estimate of drug-likeness (QED) is 0.646. The van der Waals surface area contributed by atoms with Gasteiger partial charge in [0, 0.05) is 38.6 Å². The highest BCUT2D eigenvalue weighted by Gasteiger charge is 2.30. The Bertz CT molecular complexity index is 1080. The minimum atomic E-state index is -3.54. The van der Waals surface area contributed by atoms with Gasteiger partial charge in [0.05, 0.1) is 24.7 Å². The van der Waals surface area contributed by atoms with Crippen LogP contribution < -0.4 is 14.8 Å². The second-order valence-corrected chi connectivity index (χ2v) is 10.9. The summed E-state index contributed by atoms with van der Waals surface area (Å²) in [4.78, 5) is 14.9. The van der Waals surface area contributed by atoms with Gasteiger partial charge in [0.15, 0.2) is 11.5 Å². The first-order chi connectivity index (χ1) is 16.4. The number of rotatable bonds is 7. The molecule has 0 unspecified atom stereocenters. The summed E-state index contributed by atoms with van der Waals surface area (Å²) in [6, 6.07) is 14.3. The van der Waals surface area contributed by atoms with E-state index in [1.807, 2.05) is 18.2 Å². The number of ether oxygens (including phenoxy) is 2. The Labute approximate surface area is 201 Å². The molecule has 2 aliphatic heterocycles. The number of piperazine rings is 1. The lowest BCUT2D eigenvalue weighted by molar-refractivity contribution is -0.131. The fourth-order valence-corrected chi connectivity index (χ4v) is 5.78. The summed E-state index contributed by atoms with van der Waals surface area (Å²) in [6.07, 6.45) is 0.851. The zero-order valence-electron chi connectivity index (χ0n) is 19.8. The third-order valence-electron chi connectivity index (χ3n) is 6.24. The average Bonchev–Trinajstić information content (AvgIpc) is 3.09. The van der Waals surface area contributed by atoms with Gasteiger partial charge in [-0.3, -0.25) is 4.79 Å².